The van der Waals surface area contributed by atoms with Crippen LogP contribution in [-0.4, -0.2) is 52.4 Å². The number of carbonyl (C=O) groups is 1. The van der Waals surface area contributed by atoms with Crippen LogP contribution in [0.1, 0.15) is 37.7 Å². The van der Waals surface area contributed by atoms with Gasteiger partial charge in [0.2, 0.25) is 0 Å². The van der Waals surface area contributed by atoms with E-state index in [0.29, 0.717) is 6.42 Å². The Balaban J connectivity index is 1.89. The number of benzene rings is 1. The number of methoxy groups -OCH3 is 1. The van der Waals surface area contributed by atoms with Gasteiger partial charge in [0.15, 0.2) is 12.4 Å². The van der Waals surface area contributed by atoms with E-state index in [4.69, 9.17) is 18.4 Å². The molecule has 6 atom stereocenters. The van der Waals surface area contributed by atoms with Gasteiger partial charge in [0, 0.05) is 20.0 Å². The molecule has 0 spiro atoms. The second-order valence-electron chi connectivity index (χ2n) is 7.20. The van der Waals surface area contributed by atoms with Gasteiger partial charge >= 0.3 is 5.97 Å². The van der Waals surface area contributed by atoms with Crippen molar-refractivity contribution in [2.75, 3.05) is 13.4 Å². The number of carbonyl (C=O) groups excluding carboxylic acids is 1. The summed E-state index contributed by atoms with van der Waals surface area (Å²) in [6, 6.07) is 10.1. The van der Waals surface area contributed by atoms with E-state index in [9.17, 15) is 13.2 Å². The summed E-state index contributed by atoms with van der Waals surface area (Å²) < 4.78 is 45.6. The van der Waals surface area contributed by atoms with Crippen LogP contribution < -0.4 is 0 Å². The molecule has 8 heteroatoms. The van der Waals surface area contributed by atoms with Crippen LogP contribution in [-0.2, 0) is 33.3 Å². The van der Waals surface area contributed by atoms with E-state index >= 15 is 0 Å². The summed E-state index contributed by atoms with van der Waals surface area (Å²) in [6.45, 7) is 1.31. The van der Waals surface area contributed by atoms with Gasteiger partial charge in [0.05, 0.1) is 12.4 Å². The molecule has 0 bridgehead atoms. The Kier molecular flexibility index (Phi) is 6.20. The SMILES string of the molecule is CO[C@@H]1O[C@@H]2CC[C@H](c3ccccc3)C[C@@H]2[C@H](OC(C)=O)[C@H]1OS(C)(=O)=O. The smallest absolute Gasteiger partial charge is 0.303 e. The van der Waals surface area contributed by atoms with Gasteiger partial charge in [0.1, 0.15) is 6.10 Å². The van der Waals surface area contributed by atoms with Gasteiger partial charge in [-0.3, -0.25) is 8.98 Å². The molecular weight excluding hydrogens is 372 g/mol. The molecule has 1 aromatic rings. The fourth-order valence-electron chi connectivity index (χ4n) is 4.21. The minimum Gasteiger partial charge on any atom is -0.459 e. The quantitative estimate of drug-likeness (QED) is 0.555. The van der Waals surface area contributed by atoms with Gasteiger partial charge in [-0.1, -0.05) is 30.3 Å². The number of ether oxygens (including phenoxy) is 3. The zero-order valence-electron chi connectivity index (χ0n) is 15.7. The van der Waals surface area contributed by atoms with E-state index in [2.05, 4.69) is 12.1 Å². The second-order valence-corrected chi connectivity index (χ2v) is 8.80. The molecule has 0 unspecified atom stereocenters. The van der Waals surface area contributed by atoms with Gasteiger partial charge in [-0.15, -0.1) is 0 Å². The third kappa shape index (κ3) is 4.87. The summed E-state index contributed by atoms with van der Waals surface area (Å²) in [5.41, 5.74) is 1.21. The first kappa shape index (κ1) is 20.3. The average Bonchev–Trinajstić information content (AvgIpc) is 2.62. The number of fused-ring (bicyclic) bond motifs is 1. The van der Waals surface area contributed by atoms with Gasteiger partial charge in [0.25, 0.3) is 10.1 Å². The van der Waals surface area contributed by atoms with Crippen LogP contribution in [0.4, 0.5) is 0 Å². The zero-order valence-corrected chi connectivity index (χ0v) is 16.6. The van der Waals surface area contributed by atoms with Crippen molar-refractivity contribution in [1.82, 2.24) is 0 Å². The summed E-state index contributed by atoms with van der Waals surface area (Å²) in [7, 11) is -2.37. The monoisotopic (exact) mass is 398 g/mol. The maximum atomic E-state index is 11.8. The Labute approximate surface area is 160 Å². The molecule has 1 aliphatic heterocycles. The van der Waals surface area contributed by atoms with Crippen molar-refractivity contribution in [1.29, 1.82) is 0 Å². The average molecular weight is 398 g/mol. The predicted molar refractivity (Wildman–Crippen MR) is 97.5 cm³/mol. The van der Waals surface area contributed by atoms with E-state index in [1.165, 1.54) is 19.6 Å². The predicted octanol–water partition coefficient (Wildman–Crippen LogP) is 2.22. The number of hydrogen-bond acceptors (Lipinski definition) is 7. The first-order valence-electron chi connectivity index (χ1n) is 9.07. The van der Waals surface area contributed by atoms with E-state index in [0.717, 1.165) is 19.1 Å². The maximum Gasteiger partial charge on any atom is 0.303 e. The van der Waals surface area contributed by atoms with Crippen molar-refractivity contribution < 1.29 is 31.6 Å². The second kappa shape index (κ2) is 8.26. The lowest BCUT2D eigenvalue weighted by Gasteiger charge is -2.48. The Morgan fingerprint density at radius 1 is 1.15 bits per heavy atom. The molecule has 150 valence electrons. The van der Waals surface area contributed by atoms with Gasteiger partial charge in [-0.25, -0.2) is 0 Å². The maximum absolute atomic E-state index is 11.8. The number of rotatable bonds is 5. The third-order valence-corrected chi connectivity index (χ3v) is 5.82. The Morgan fingerprint density at radius 2 is 1.85 bits per heavy atom. The summed E-state index contributed by atoms with van der Waals surface area (Å²) in [4.78, 5) is 11.7. The molecule has 2 aliphatic rings. The molecule has 1 aliphatic carbocycles. The lowest BCUT2D eigenvalue weighted by molar-refractivity contribution is -0.280. The normalized spacial score (nSPS) is 33.9. The van der Waals surface area contributed by atoms with Crippen LogP contribution in [0.3, 0.4) is 0 Å². The summed E-state index contributed by atoms with van der Waals surface area (Å²) >= 11 is 0. The molecule has 27 heavy (non-hydrogen) atoms. The van der Waals surface area contributed by atoms with Crippen molar-refractivity contribution in [2.24, 2.45) is 5.92 Å². The van der Waals surface area contributed by atoms with Crippen LogP contribution in [0.2, 0.25) is 0 Å². The van der Waals surface area contributed by atoms with Crippen LogP contribution in [0.25, 0.3) is 0 Å². The first-order valence-corrected chi connectivity index (χ1v) is 10.9. The van der Waals surface area contributed by atoms with Crippen LogP contribution in [0, 0.1) is 5.92 Å². The fourth-order valence-corrected chi connectivity index (χ4v) is 4.81. The fraction of sp³-hybridized carbons (Fsp3) is 0.632. The molecule has 2 fully saturated rings. The Morgan fingerprint density at radius 3 is 2.44 bits per heavy atom. The van der Waals surface area contributed by atoms with E-state index in [1.54, 1.807) is 0 Å². The zero-order chi connectivity index (χ0) is 19.6. The molecule has 0 amide bonds. The largest absolute Gasteiger partial charge is 0.459 e. The third-order valence-electron chi connectivity index (χ3n) is 5.25. The molecular formula is C19H26O7S. The highest BCUT2D eigenvalue weighted by atomic mass is 32.2. The standard InChI is InChI=1S/C19H26O7S/c1-12(20)24-17-15-11-14(13-7-5-4-6-8-13)9-10-16(15)25-19(23-2)18(17)26-27(3,21)22/h4-8,14-19H,9-11H2,1-3H3/t14-,15-,16+,17-,18+,19+/m0/s1. The van der Waals surface area contributed by atoms with E-state index in [-0.39, 0.29) is 17.9 Å². The van der Waals surface area contributed by atoms with Crippen LogP contribution >= 0.6 is 0 Å². The minimum absolute atomic E-state index is 0.175. The lowest BCUT2D eigenvalue weighted by atomic mass is 9.72. The van der Waals surface area contributed by atoms with Crippen molar-refractivity contribution in [3.8, 4) is 0 Å². The number of esters is 1. The minimum atomic E-state index is -3.79. The molecule has 0 aromatic heterocycles. The van der Waals surface area contributed by atoms with Crippen LogP contribution in [0.5, 0.6) is 0 Å². The summed E-state index contributed by atoms with van der Waals surface area (Å²) in [6.07, 6.45) is 0.491. The highest BCUT2D eigenvalue weighted by Crippen LogP contribution is 2.44. The van der Waals surface area contributed by atoms with Crippen molar-refractivity contribution in [3.63, 3.8) is 0 Å². The van der Waals surface area contributed by atoms with Crippen molar-refractivity contribution >= 4 is 16.1 Å². The summed E-state index contributed by atoms with van der Waals surface area (Å²) in [5, 5.41) is 0. The molecule has 0 radical (unpaired) electrons. The van der Waals surface area contributed by atoms with E-state index < -0.39 is 34.6 Å². The molecule has 0 N–H and O–H groups in total. The van der Waals surface area contributed by atoms with Crippen molar-refractivity contribution in [2.45, 2.75) is 56.7 Å². The van der Waals surface area contributed by atoms with Gasteiger partial charge < -0.3 is 14.2 Å². The molecule has 7 nitrogen and oxygen atoms in total. The lowest BCUT2D eigenvalue weighted by Crippen LogP contribution is -2.59. The topological polar surface area (TPSA) is 88.1 Å². The molecule has 3 rings (SSSR count). The van der Waals surface area contributed by atoms with E-state index in [1.807, 2.05) is 18.2 Å². The molecule has 1 aromatic carbocycles. The van der Waals surface area contributed by atoms with Gasteiger partial charge in [-0.2, -0.15) is 8.42 Å². The highest BCUT2D eigenvalue weighted by molar-refractivity contribution is 7.86. The number of hydrogen-bond donors (Lipinski definition) is 0. The van der Waals surface area contributed by atoms with Crippen LogP contribution in [0.15, 0.2) is 30.3 Å². The molecule has 1 saturated carbocycles. The molecule has 1 saturated heterocycles. The van der Waals surface area contributed by atoms with Crippen molar-refractivity contribution in [3.05, 3.63) is 35.9 Å². The highest BCUT2D eigenvalue weighted by Gasteiger charge is 2.52. The Hall–Kier alpha value is -1.48. The Bertz CT molecular complexity index is 749. The van der Waals surface area contributed by atoms with Gasteiger partial charge in [-0.05, 0) is 30.7 Å². The summed E-state index contributed by atoms with van der Waals surface area (Å²) in [5.74, 6) is -0.377. The molecule has 1 heterocycles. The first-order chi connectivity index (χ1) is 12.8.